The zero-order chi connectivity index (χ0) is 13.3. The van der Waals surface area contributed by atoms with Gasteiger partial charge >= 0.3 is 0 Å². The van der Waals surface area contributed by atoms with Crippen LogP contribution in [0.4, 0.5) is 0 Å². The smallest absolute Gasteiger partial charge is 0.217 e. The normalized spacial score (nSPS) is 20.1. The summed E-state index contributed by atoms with van der Waals surface area (Å²) in [6.45, 7) is 2.77. The van der Waals surface area contributed by atoms with Crippen LogP contribution < -0.4 is 14.8 Å². The van der Waals surface area contributed by atoms with Crippen LogP contribution in [0.25, 0.3) is 0 Å². The highest BCUT2D eigenvalue weighted by molar-refractivity contribution is 5.74. The summed E-state index contributed by atoms with van der Waals surface area (Å²) >= 11 is 0. The maximum Gasteiger partial charge on any atom is 0.217 e. The Bertz CT molecular complexity index is 492. The molecule has 19 heavy (non-hydrogen) atoms. The molecule has 4 nitrogen and oxygen atoms in total. The van der Waals surface area contributed by atoms with Gasteiger partial charge in [0.1, 0.15) is 13.2 Å². The van der Waals surface area contributed by atoms with Crippen molar-refractivity contribution in [3.05, 3.63) is 23.8 Å². The van der Waals surface area contributed by atoms with Crippen LogP contribution in [0.3, 0.4) is 0 Å². The average molecular weight is 261 g/mol. The molecule has 0 saturated heterocycles. The lowest BCUT2D eigenvalue weighted by atomic mass is 9.87. The summed E-state index contributed by atoms with van der Waals surface area (Å²) in [6, 6.07) is 6.02. The standard InChI is InChI=1S/C15H19NO3/c1-11(17)16-15(6-2-3-7-15)12-4-5-13-14(10-12)19-9-8-18-13/h4-5,10H,2-3,6-9H2,1H3,(H,16,17). The van der Waals surface area contributed by atoms with Crippen LogP contribution in [-0.2, 0) is 10.3 Å². The van der Waals surface area contributed by atoms with Crippen molar-refractivity contribution < 1.29 is 14.3 Å². The molecule has 1 amide bonds. The maximum absolute atomic E-state index is 11.5. The van der Waals surface area contributed by atoms with Crippen molar-refractivity contribution in [1.82, 2.24) is 5.32 Å². The quantitative estimate of drug-likeness (QED) is 0.889. The van der Waals surface area contributed by atoms with Crippen molar-refractivity contribution in [2.24, 2.45) is 0 Å². The number of carbonyl (C=O) groups is 1. The summed E-state index contributed by atoms with van der Waals surface area (Å²) < 4.78 is 11.2. The summed E-state index contributed by atoms with van der Waals surface area (Å²) in [7, 11) is 0. The van der Waals surface area contributed by atoms with Gasteiger partial charge in [0, 0.05) is 6.92 Å². The summed E-state index contributed by atoms with van der Waals surface area (Å²) in [4.78, 5) is 11.5. The Hall–Kier alpha value is -1.71. The molecule has 1 N–H and O–H groups in total. The first-order valence-electron chi connectivity index (χ1n) is 6.88. The topological polar surface area (TPSA) is 47.6 Å². The fourth-order valence-corrected chi connectivity index (χ4v) is 3.14. The van der Waals surface area contributed by atoms with Gasteiger partial charge in [0.15, 0.2) is 11.5 Å². The first-order chi connectivity index (χ1) is 9.20. The second-order valence-corrected chi connectivity index (χ2v) is 5.33. The van der Waals surface area contributed by atoms with Crippen molar-refractivity contribution in [3.63, 3.8) is 0 Å². The van der Waals surface area contributed by atoms with E-state index in [-0.39, 0.29) is 11.4 Å². The highest BCUT2D eigenvalue weighted by atomic mass is 16.6. The number of amides is 1. The molecule has 1 aromatic rings. The summed E-state index contributed by atoms with van der Waals surface area (Å²) in [6.07, 6.45) is 4.28. The van der Waals surface area contributed by atoms with Crippen LogP contribution in [0, 0.1) is 0 Å². The largest absolute Gasteiger partial charge is 0.486 e. The number of fused-ring (bicyclic) bond motifs is 1. The molecule has 1 saturated carbocycles. The summed E-state index contributed by atoms with van der Waals surface area (Å²) in [5, 5.41) is 3.14. The third-order valence-corrected chi connectivity index (χ3v) is 3.97. The summed E-state index contributed by atoms with van der Waals surface area (Å²) in [5.74, 6) is 1.61. The molecule has 1 fully saturated rings. The van der Waals surface area contributed by atoms with E-state index >= 15 is 0 Å². The van der Waals surface area contributed by atoms with E-state index in [1.165, 1.54) is 0 Å². The molecule has 0 bridgehead atoms. The van der Waals surface area contributed by atoms with Crippen molar-refractivity contribution in [3.8, 4) is 11.5 Å². The van der Waals surface area contributed by atoms with E-state index in [4.69, 9.17) is 9.47 Å². The second kappa shape index (κ2) is 4.76. The van der Waals surface area contributed by atoms with Gasteiger partial charge in [0.25, 0.3) is 0 Å². The SMILES string of the molecule is CC(=O)NC1(c2ccc3c(c2)OCCO3)CCCC1. The number of ether oxygens (including phenoxy) is 2. The van der Waals surface area contributed by atoms with Gasteiger partial charge in [-0.1, -0.05) is 18.9 Å². The van der Waals surface area contributed by atoms with Gasteiger partial charge in [-0.25, -0.2) is 0 Å². The number of benzene rings is 1. The van der Waals surface area contributed by atoms with Crippen LogP contribution in [0.5, 0.6) is 11.5 Å². The van der Waals surface area contributed by atoms with E-state index in [0.717, 1.165) is 42.7 Å². The average Bonchev–Trinajstić information content (AvgIpc) is 2.87. The molecule has 2 aliphatic rings. The van der Waals surface area contributed by atoms with Crippen molar-refractivity contribution in [2.75, 3.05) is 13.2 Å². The van der Waals surface area contributed by atoms with Crippen LogP contribution in [-0.4, -0.2) is 19.1 Å². The molecule has 1 aromatic carbocycles. The molecule has 1 heterocycles. The molecule has 102 valence electrons. The molecule has 4 heteroatoms. The van der Waals surface area contributed by atoms with Crippen LogP contribution in [0.2, 0.25) is 0 Å². The molecule has 0 radical (unpaired) electrons. The van der Waals surface area contributed by atoms with E-state index in [2.05, 4.69) is 11.4 Å². The Kier molecular flexibility index (Phi) is 3.09. The van der Waals surface area contributed by atoms with Gasteiger partial charge in [-0.15, -0.1) is 0 Å². The highest BCUT2D eigenvalue weighted by Crippen LogP contribution is 2.42. The lowest BCUT2D eigenvalue weighted by Gasteiger charge is -2.31. The fourth-order valence-electron chi connectivity index (χ4n) is 3.14. The zero-order valence-electron chi connectivity index (χ0n) is 11.2. The first kappa shape index (κ1) is 12.3. The van der Waals surface area contributed by atoms with Crippen LogP contribution in [0.15, 0.2) is 18.2 Å². The lowest BCUT2D eigenvalue weighted by Crippen LogP contribution is -2.42. The molecule has 1 aliphatic carbocycles. The number of hydrogen-bond donors (Lipinski definition) is 1. The molecular weight excluding hydrogens is 242 g/mol. The molecular formula is C15H19NO3. The Morgan fingerprint density at radius 2 is 1.84 bits per heavy atom. The van der Waals surface area contributed by atoms with E-state index in [9.17, 15) is 4.79 Å². The lowest BCUT2D eigenvalue weighted by molar-refractivity contribution is -0.121. The number of rotatable bonds is 2. The van der Waals surface area contributed by atoms with Gasteiger partial charge in [0.2, 0.25) is 5.91 Å². The Balaban J connectivity index is 1.96. The third-order valence-electron chi connectivity index (χ3n) is 3.97. The predicted octanol–water partition coefficient (Wildman–Crippen LogP) is 2.36. The zero-order valence-corrected chi connectivity index (χ0v) is 11.2. The highest BCUT2D eigenvalue weighted by Gasteiger charge is 2.37. The molecule has 0 aromatic heterocycles. The maximum atomic E-state index is 11.5. The minimum Gasteiger partial charge on any atom is -0.486 e. The van der Waals surface area contributed by atoms with Gasteiger partial charge in [-0.2, -0.15) is 0 Å². The molecule has 1 aliphatic heterocycles. The molecule has 0 unspecified atom stereocenters. The third kappa shape index (κ3) is 2.27. The molecule has 0 atom stereocenters. The van der Waals surface area contributed by atoms with Crippen LogP contribution >= 0.6 is 0 Å². The van der Waals surface area contributed by atoms with E-state index < -0.39 is 0 Å². The van der Waals surface area contributed by atoms with Gasteiger partial charge in [0.05, 0.1) is 5.54 Å². The van der Waals surface area contributed by atoms with E-state index in [0.29, 0.717) is 13.2 Å². The fraction of sp³-hybridized carbons (Fsp3) is 0.533. The summed E-state index contributed by atoms with van der Waals surface area (Å²) in [5.41, 5.74) is 0.909. The Morgan fingerprint density at radius 3 is 2.53 bits per heavy atom. The predicted molar refractivity (Wildman–Crippen MR) is 71.4 cm³/mol. The Labute approximate surface area is 113 Å². The number of carbonyl (C=O) groups excluding carboxylic acids is 1. The molecule has 3 rings (SSSR count). The Morgan fingerprint density at radius 1 is 1.16 bits per heavy atom. The number of hydrogen-bond acceptors (Lipinski definition) is 3. The van der Waals surface area contributed by atoms with Gasteiger partial charge in [-0.3, -0.25) is 4.79 Å². The second-order valence-electron chi connectivity index (χ2n) is 5.33. The van der Waals surface area contributed by atoms with Crippen molar-refractivity contribution >= 4 is 5.91 Å². The van der Waals surface area contributed by atoms with E-state index in [1.54, 1.807) is 6.92 Å². The van der Waals surface area contributed by atoms with Crippen LogP contribution in [0.1, 0.15) is 38.2 Å². The number of nitrogens with one attached hydrogen (secondary N) is 1. The van der Waals surface area contributed by atoms with Crippen molar-refractivity contribution in [2.45, 2.75) is 38.1 Å². The monoisotopic (exact) mass is 261 g/mol. The first-order valence-corrected chi connectivity index (χ1v) is 6.88. The van der Waals surface area contributed by atoms with Gasteiger partial charge < -0.3 is 14.8 Å². The molecule has 0 spiro atoms. The minimum absolute atomic E-state index is 0.0248. The van der Waals surface area contributed by atoms with Crippen molar-refractivity contribution in [1.29, 1.82) is 0 Å². The minimum atomic E-state index is -0.221. The van der Waals surface area contributed by atoms with E-state index in [1.807, 2.05) is 12.1 Å². The van der Waals surface area contributed by atoms with Gasteiger partial charge in [-0.05, 0) is 30.5 Å².